The maximum atomic E-state index is 4.76. The minimum absolute atomic E-state index is 0.129. The van der Waals surface area contributed by atoms with Gasteiger partial charge < -0.3 is 5.32 Å². The van der Waals surface area contributed by atoms with E-state index < -0.39 is 0 Å². The molecule has 2 aromatic heterocycles. The van der Waals surface area contributed by atoms with Crippen molar-refractivity contribution < 1.29 is 0 Å². The summed E-state index contributed by atoms with van der Waals surface area (Å²) in [5, 5.41) is 3.41. The van der Waals surface area contributed by atoms with Gasteiger partial charge in [0.15, 0.2) is 17.0 Å². The summed E-state index contributed by atoms with van der Waals surface area (Å²) in [5.74, 6) is 1.60. The summed E-state index contributed by atoms with van der Waals surface area (Å²) in [6.07, 6.45) is 1.59. The summed E-state index contributed by atoms with van der Waals surface area (Å²) >= 11 is 0. The summed E-state index contributed by atoms with van der Waals surface area (Å²) in [4.78, 5) is 13.7. The number of benzene rings is 2. The lowest BCUT2D eigenvalue weighted by Gasteiger charge is -2.19. The number of nitrogens with zero attached hydrogens (tertiary/aromatic N) is 4. The molecule has 0 fully saturated rings. The van der Waals surface area contributed by atoms with Gasteiger partial charge in [0.1, 0.15) is 12.2 Å². The van der Waals surface area contributed by atoms with Crippen LogP contribution < -0.4 is 5.32 Å². The van der Waals surface area contributed by atoms with E-state index in [9.17, 15) is 0 Å². The first-order valence-corrected chi connectivity index (χ1v) is 10.5. The highest BCUT2D eigenvalue weighted by Crippen LogP contribution is 2.28. The SMILES string of the molecule is CC.Cc1ccccc1-n1c(C)nc2c(Nc3ccc(C(C)(C)C)cc3)ncnc21. The summed E-state index contributed by atoms with van der Waals surface area (Å²) in [5.41, 5.74) is 6.24. The highest BCUT2D eigenvalue weighted by Gasteiger charge is 2.17. The quantitative estimate of drug-likeness (QED) is 0.426. The molecule has 0 saturated carbocycles. The summed E-state index contributed by atoms with van der Waals surface area (Å²) in [6.45, 7) is 14.7. The second-order valence-corrected chi connectivity index (χ2v) is 8.13. The van der Waals surface area contributed by atoms with E-state index in [1.807, 2.05) is 32.9 Å². The van der Waals surface area contributed by atoms with Crippen LogP contribution in [0.15, 0.2) is 54.9 Å². The van der Waals surface area contributed by atoms with Gasteiger partial charge in [0.2, 0.25) is 0 Å². The Labute approximate surface area is 179 Å². The Morgan fingerprint density at radius 3 is 2.17 bits per heavy atom. The van der Waals surface area contributed by atoms with Crippen molar-refractivity contribution in [3.05, 3.63) is 71.8 Å². The number of hydrogen-bond donors (Lipinski definition) is 1. The molecule has 0 atom stereocenters. The van der Waals surface area contributed by atoms with Crippen LogP contribution in [-0.4, -0.2) is 19.5 Å². The molecule has 4 rings (SSSR count). The number of fused-ring (bicyclic) bond motifs is 1. The first-order valence-electron chi connectivity index (χ1n) is 10.5. The van der Waals surface area contributed by atoms with Gasteiger partial charge in [-0.05, 0) is 48.6 Å². The van der Waals surface area contributed by atoms with E-state index in [2.05, 4.69) is 83.9 Å². The molecule has 0 saturated heterocycles. The fourth-order valence-electron chi connectivity index (χ4n) is 3.39. The monoisotopic (exact) mass is 401 g/mol. The molecule has 0 amide bonds. The molecule has 2 aromatic carbocycles. The van der Waals surface area contributed by atoms with E-state index in [0.717, 1.165) is 28.4 Å². The molecule has 2 heterocycles. The molecule has 0 radical (unpaired) electrons. The Morgan fingerprint density at radius 1 is 0.867 bits per heavy atom. The average Bonchev–Trinajstić information content (AvgIpc) is 3.06. The number of rotatable bonds is 3. The zero-order valence-corrected chi connectivity index (χ0v) is 19.0. The lowest BCUT2D eigenvalue weighted by molar-refractivity contribution is 0.590. The normalized spacial score (nSPS) is 11.2. The Bertz CT molecular complexity index is 1130. The number of nitrogens with one attached hydrogen (secondary N) is 1. The van der Waals surface area contributed by atoms with Crippen LogP contribution in [0.4, 0.5) is 11.5 Å². The smallest absolute Gasteiger partial charge is 0.170 e. The number of aryl methyl sites for hydroxylation is 2. The molecule has 4 aromatic rings. The van der Waals surface area contributed by atoms with E-state index in [0.29, 0.717) is 5.82 Å². The van der Waals surface area contributed by atoms with Crippen LogP contribution >= 0.6 is 0 Å². The molecule has 1 N–H and O–H groups in total. The Balaban J connectivity index is 0.00000124. The lowest BCUT2D eigenvalue weighted by atomic mass is 9.87. The van der Waals surface area contributed by atoms with Gasteiger partial charge in [0.05, 0.1) is 5.69 Å². The van der Waals surface area contributed by atoms with Gasteiger partial charge in [0.25, 0.3) is 0 Å². The zero-order chi connectivity index (χ0) is 21.9. The predicted octanol–water partition coefficient (Wildman–Crippen LogP) is 6.50. The molecule has 0 bridgehead atoms. The van der Waals surface area contributed by atoms with E-state index >= 15 is 0 Å². The second-order valence-electron chi connectivity index (χ2n) is 8.13. The van der Waals surface area contributed by atoms with Crippen molar-refractivity contribution in [3.63, 3.8) is 0 Å². The van der Waals surface area contributed by atoms with E-state index in [-0.39, 0.29) is 5.41 Å². The van der Waals surface area contributed by atoms with Gasteiger partial charge in [-0.3, -0.25) is 4.57 Å². The molecule has 30 heavy (non-hydrogen) atoms. The highest BCUT2D eigenvalue weighted by molar-refractivity contribution is 5.86. The van der Waals surface area contributed by atoms with Gasteiger partial charge in [0, 0.05) is 5.69 Å². The van der Waals surface area contributed by atoms with Crippen LogP contribution in [0.25, 0.3) is 16.9 Å². The number of hydrogen-bond acceptors (Lipinski definition) is 4. The molecule has 0 spiro atoms. The standard InChI is InChI=1S/C23H25N5.C2H6/c1-15-8-6-7-9-19(15)28-16(2)26-20-21(24-14-25-22(20)28)27-18-12-10-17(11-13-18)23(3,4)5;1-2/h6-14H,1-5H3,(H,24,25,27);1-2H3. The van der Waals surface area contributed by atoms with Gasteiger partial charge >= 0.3 is 0 Å². The van der Waals surface area contributed by atoms with Crippen molar-refractivity contribution in [2.24, 2.45) is 0 Å². The van der Waals surface area contributed by atoms with Crippen LogP contribution in [0.1, 0.15) is 51.6 Å². The minimum atomic E-state index is 0.129. The Morgan fingerprint density at radius 2 is 1.53 bits per heavy atom. The third-order valence-corrected chi connectivity index (χ3v) is 4.98. The number of para-hydroxylation sites is 1. The first kappa shape index (κ1) is 21.5. The summed E-state index contributed by atoms with van der Waals surface area (Å²) in [7, 11) is 0. The third kappa shape index (κ3) is 4.20. The van der Waals surface area contributed by atoms with Crippen molar-refractivity contribution >= 4 is 22.7 Å². The van der Waals surface area contributed by atoms with Crippen LogP contribution in [0.5, 0.6) is 0 Å². The van der Waals surface area contributed by atoms with Gasteiger partial charge in [-0.1, -0.05) is 65.0 Å². The maximum Gasteiger partial charge on any atom is 0.170 e. The molecule has 0 aliphatic rings. The Kier molecular flexibility index (Phi) is 6.20. The van der Waals surface area contributed by atoms with Crippen LogP contribution in [0.3, 0.4) is 0 Å². The van der Waals surface area contributed by atoms with Gasteiger partial charge in [-0.2, -0.15) is 0 Å². The largest absolute Gasteiger partial charge is 0.338 e. The molecular formula is C25H31N5. The molecule has 0 aliphatic heterocycles. The van der Waals surface area contributed by atoms with Crippen molar-refractivity contribution in [1.29, 1.82) is 0 Å². The first-order chi connectivity index (χ1) is 14.3. The molecule has 0 unspecified atom stereocenters. The fraction of sp³-hybridized carbons (Fsp3) is 0.320. The Hall–Kier alpha value is -3.21. The topological polar surface area (TPSA) is 55.6 Å². The average molecular weight is 402 g/mol. The zero-order valence-electron chi connectivity index (χ0n) is 19.0. The van der Waals surface area contributed by atoms with Crippen LogP contribution in [0, 0.1) is 13.8 Å². The molecule has 5 nitrogen and oxygen atoms in total. The highest BCUT2D eigenvalue weighted by atomic mass is 15.2. The van der Waals surface area contributed by atoms with Crippen molar-refractivity contribution in [2.45, 2.75) is 53.9 Å². The molecule has 156 valence electrons. The molecular weight excluding hydrogens is 370 g/mol. The number of aromatic nitrogens is 4. The van der Waals surface area contributed by atoms with E-state index in [1.165, 1.54) is 11.1 Å². The summed E-state index contributed by atoms with van der Waals surface area (Å²) in [6, 6.07) is 16.7. The predicted molar refractivity (Wildman–Crippen MR) is 126 cm³/mol. The number of anilines is 2. The summed E-state index contributed by atoms with van der Waals surface area (Å²) < 4.78 is 2.08. The number of imidazole rings is 1. The van der Waals surface area contributed by atoms with Crippen molar-refractivity contribution in [1.82, 2.24) is 19.5 Å². The molecule has 0 aliphatic carbocycles. The van der Waals surface area contributed by atoms with E-state index in [4.69, 9.17) is 4.98 Å². The fourth-order valence-corrected chi connectivity index (χ4v) is 3.39. The second kappa shape index (κ2) is 8.66. The van der Waals surface area contributed by atoms with Gasteiger partial charge in [-0.25, -0.2) is 15.0 Å². The maximum absolute atomic E-state index is 4.76. The van der Waals surface area contributed by atoms with Crippen molar-refractivity contribution in [2.75, 3.05) is 5.32 Å². The van der Waals surface area contributed by atoms with Crippen LogP contribution in [0.2, 0.25) is 0 Å². The minimum Gasteiger partial charge on any atom is -0.338 e. The lowest BCUT2D eigenvalue weighted by Crippen LogP contribution is -2.10. The van der Waals surface area contributed by atoms with Crippen LogP contribution in [-0.2, 0) is 5.41 Å². The third-order valence-electron chi connectivity index (χ3n) is 4.98. The molecule has 5 heteroatoms. The van der Waals surface area contributed by atoms with Gasteiger partial charge in [-0.15, -0.1) is 0 Å². The van der Waals surface area contributed by atoms with E-state index in [1.54, 1.807) is 6.33 Å². The van der Waals surface area contributed by atoms with Crippen molar-refractivity contribution in [3.8, 4) is 5.69 Å².